The number of oxazole rings is 1. The number of carbonyl (C=O) groups excluding carboxylic acids is 1. The number of aliphatic hydroxyl groups excluding tert-OH is 1. The Morgan fingerprint density at radius 2 is 2.12 bits per heavy atom. The minimum Gasteiger partial charge on any atom is -0.490 e. The van der Waals surface area contributed by atoms with E-state index < -0.39 is 0 Å². The van der Waals surface area contributed by atoms with E-state index in [1.807, 2.05) is 38.1 Å². The van der Waals surface area contributed by atoms with E-state index in [0.717, 1.165) is 24.0 Å². The molecule has 34 heavy (non-hydrogen) atoms. The topological polar surface area (TPSA) is 99.6 Å². The Labute approximate surface area is 199 Å². The molecule has 1 aliphatic heterocycles. The molecule has 4 rings (SSSR count). The van der Waals surface area contributed by atoms with E-state index in [9.17, 15) is 10.1 Å². The number of aromatic nitrogens is 1. The molecule has 176 valence electrons. The van der Waals surface area contributed by atoms with Gasteiger partial charge in [0, 0.05) is 30.6 Å². The highest BCUT2D eigenvalue weighted by Crippen LogP contribution is 2.32. The van der Waals surface area contributed by atoms with Crippen molar-refractivity contribution in [2.75, 3.05) is 19.7 Å². The first-order valence-electron chi connectivity index (χ1n) is 11.6. The molecule has 2 aromatic carbocycles. The van der Waals surface area contributed by atoms with E-state index in [4.69, 9.17) is 14.3 Å². The number of nitriles is 1. The van der Waals surface area contributed by atoms with Gasteiger partial charge in [-0.3, -0.25) is 4.79 Å². The second-order valence-electron chi connectivity index (χ2n) is 8.85. The van der Waals surface area contributed by atoms with Crippen molar-refractivity contribution >= 4 is 5.91 Å². The molecule has 1 unspecified atom stereocenters. The normalized spacial score (nSPS) is 15.7. The predicted molar refractivity (Wildman–Crippen MR) is 128 cm³/mol. The molecule has 1 aromatic heterocycles. The maximum absolute atomic E-state index is 12.1. The molecule has 0 aliphatic carbocycles. The number of hydrogen-bond acceptors (Lipinski definition) is 6. The summed E-state index contributed by atoms with van der Waals surface area (Å²) in [7, 11) is 0. The van der Waals surface area contributed by atoms with Crippen molar-refractivity contribution in [3.05, 3.63) is 59.8 Å². The van der Waals surface area contributed by atoms with Crippen LogP contribution in [0.25, 0.3) is 22.8 Å². The summed E-state index contributed by atoms with van der Waals surface area (Å²) in [4.78, 5) is 18.3. The average molecular weight is 460 g/mol. The summed E-state index contributed by atoms with van der Waals surface area (Å²) in [5, 5.41) is 18.6. The fraction of sp³-hybridized carbons (Fsp3) is 0.370. The van der Waals surface area contributed by atoms with Crippen LogP contribution in [0.1, 0.15) is 37.8 Å². The maximum atomic E-state index is 12.1. The highest BCUT2D eigenvalue weighted by atomic mass is 16.5. The maximum Gasteiger partial charge on any atom is 0.226 e. The Bertz CT molecular complexity index is 1190. The summed E-state index contributed by atoms with van der Waals surface area (Å²) >= 11 is 0. The molecule has 0 bridgehead atoms. The molecule has 0 saturated carbocycles. The zero-order chi connectivity index (χ0) is 24.1. The van der Waals surface area contributed by atoms with Crippen LogP contribution in [0, 0.1) is 17.2 Å². The van der Waals surface area contributed by atoms with Crippen molar-refractivity contribution in [3.63, 3.8) is 0 Å². The predicted octanol–water partition coefficient (Wildman–Crippen LogP) is 4.44. The molecule has 0 radical (unpaired) electrons. The fourth-order valence-electron chi connectivity index (χ4n) is 4.36. The largest absolute Gasteiger partial charge is 0.490 e. The number of ether oxygens (including phenoxy) is 1. The summed E-state index contributed by atoms with van der Waals surface area (Å²) in [6.45, 7) is 4.94. The van der Waals surface area contributed by atoms with E-state index in [0.29, 0.717) is 48.0 Å². The molecule has 1 amide bonds. The van der Waals surface area contributed by atoms with Crippen molar-refractivity contribution in [1.82, 2.24) is 9.88 Å². The van der Waals surface area contributed by atoms with Crippen LogP contribution >= 0.6 is 0 Å². The number of rotatable bonds is 9. The first-order valence-corrected chi connectivity index (χ1v) is 11.6. The highest BCUT2D eigenvalue weighted by Gasteiger charge is 2.28. The van der Waals surface area contributed by atoms with Crippen molar-refractivity contribution in [2.24, 2.45) is 5.92 Å². The molecule has 1 N–H and O–H groups in total. The molecular weight excluding hydrogens is 430 g/mol. The van der Waals surface area contributed by atoms with Gasteiger partial charge in [0.05, 0.1) is 24.5 Å². The van der Waals surface area contributed by atoms with E-state index in [1.54, 1.807) is 23.2 Å². The molecule has 1 atom stereocenters. The number of hydrogen-bond donors (Lipinski definition) is 1. The van der Waals surface area contributed by atoms with E-state index in [1.165, 1.54) is 0 Å². The highest BCUT2D eigenvalue weighted by molar-refractivity contribution is 5.78. The van der Waals surface area contributed by atoms with Gasteiger partial charge in [-0.15, -0.1) is 0 Å². The van der Waals surface area contributed by atoms with Gasteiger partial charge in [-0.05, 0) is 56.4 Å². The zero-order valence-corrected chi connectivity index (χ0v) is 19.5. The van der Waals surface area contributed by atoms with Crippen LogP contribution in [-0.4, -0.2) is 46.7 Å². The van der Waals surface area contributed by atoms with E-state index in [-0.39, 0.29) is 24.5 Å². The van der Waals surface area contributed by atoms with Crippen molar-refractivity contribution in [3.8, 4) is 34.6 Å². The summed E-state index contributed by atoms with van der Waals surface area (Å²) in [5.74, 6) is 2.05. The third-order valence-corrected chi connectivity index (χ3v) is 5.98. The quantitative estimate of drug-likeness (QED) is 0.508. The summed E-state index contributed by atoms with van der Waals surface area (Å²) < 4.78 is 11.8. The number of β-amino-alcohol motifs (C(OH)–C–C–N with tert-alkyl or cyclic N) is 1. The SMILES string of the molecule is CC(C)Oc1ccc(-c2ncc(-c3ccccc3CCC3CC(=O)N(CCO)C3)o2)cc1C#N. The van der Waals surface area contributed by atoms with Crippen LogP contribution in [0.5, 0.6) is 5.75 Å². The molecule has 3 aromatic rings. The Morgan fingerprint density at radius 1 is 1.29 bits per heavy atom. The van der Waals surface area contributed by atoms with Crippen LogP contribution in [0.4, 0.5) is 0 Å². The molecule has 1 aliphatic rings. The van der Waals surface area contributed by atoms with Gasteiger partial charge in [0.15, 0.2) is 5.76 Å². The van der Waals surface area contributed by atoms with Gasteiger partial charge in [0.2, 0.25) is 11.8 Å². The monoisotopic (exact) mass is 459 g/mol. The van der Waals surface area contributed by atoms with Gasteiger partial charge in [-0.25, -0.2) is 4.98 Å². The second kappa shape index (κ2) is 10.5. The number of nitrogens with zero attached hydrogens (tertiary/aromatic N) is 3. The summed E-state index contributed by atoms with van der Waals surface area (Å²) in [6, 6.07) is 15.6. The van der Waals surface area contributed by atoms with Crippen molar-refractivity contribution < 1.29 is 19.1 Å². The van der Waals surface area contributed by atoms with Gasteiger partial charge in [-0.1, -0.05) is 24.3 Å². The number of carbonyl (C=O) groups is 1. The lowest BCUT2D eigenvalue weighted by atomic mass is 9.95. The molecule has 2 heterocycles. The Morgan fingerprint density at radius 3 is 2.88 bits per heavy atom. The lowest BCUT2D eigenvalue weighted by molar-refractivity contribution is -0.128. The first kappa shape index (κ1) is 23.5. The molecule has 1 fully saturated rings. The minimum absolute atomic E-state index is 0.00153. The van der Waals surface area contributed by atoms with Crippen LogP contribution < -0.4 is 4.74 Å². The van der Waals surface area contributed by atoms with Gasteiger partial charge in [-0.2, -0.15) is 5.26 Å². The van der Waals surface area contributed by atoms with Gasteiger partial charge >= 0.3 is 0 Å². The summed E-state index contributed by atoms with van der Waals surface area (Å²) in [5.41, 5.74) is 3.26. The van der Waals surface area contributed by atoms with Crippen LogP contribution in [-0.2, 0) is 11.2 Å². The summed E-state index contributed by atoms with van der Waals surface area (Å²) in [6.07, 6.45) is 3.92. The molecular formula is C27H29N3O4. The number of aliphatic hydroxyl groups is 1. The lowest BCUT2D eigenvalue weighted by Gasteiger charge is -2.15. The number of benzene rings is 2. The third kappa shape index (κ3) is 5.29. The van der Waals surface area contributed by atoms with E-state index >= 15 is 0 Å². The Kier molecular flexibility index (Phi) is 7.29. The molecule has 0 spiro atoms. The van der Waals surface area contributed by atoms with Gasteiger partial charge in [0.1, 0.15) is 11.8 Å². The Hall–Kier alpha value is -3.63. The van der Waals surface area contributed by atoms with E-state index in [2.05, 4.69) is 17.1 Å². The second-order valence-corrected chi connectivity index (χ2v) is 8.85. The Balaban J connectivity index is 1.50. The van der Waals surface area contributed by atoms with Crippen molar-refractivity contribution in [1.29, 1.82) is 5.26 Å². The van der Waals surface area contributed by atoms with Gasteiger partial charge in [0.25, 0.3) is 0 Å². The first-order chi connectivity index (χ1) is 16.5. The van der Waals surface area contributed by atoms with Crippen LogP contribution in [0.2, 0.25) is 0 Å². The number of aryl methyl sites for hydroxylation is 1. The minimum atomic E-state index is -0.0251. The number of likely N-dealkylation sites (tertiary alicyclic amines) is 1. The number of amides is 1. The molecule has 7 heteroatoms. The molecule has 7 nitrogen and oxygen atoms in total. The smallest absolute Gasteiger partial charge is 0.226 e. The average Bonchev–Trinajstić information content (AvgIpc) is 3.45. The van der Waals surface area contributed by atoms with Gasteiger partial charge < -0.3 is 19.2 Å². The fourth-order valence-corrected chi connectivity index (χ4v) is 4.36. The molecule has 1 saturated heterocycles. The van der Waals surface area contributed by atoms with Crippen LogP contribution in [0.15, 0.2) is 53.1 Å². The zero-order valence-electron chi connectivity index (χ0n) is 19.5. The lowest BCUT2D eigenvalue weighted by Crippen LogP contribution is -2.28. The van der Waals surface area contributed by atoms with Crippen molar-refractivity contribution in [2.45, 2.75) is 39.2 Å². The standard InChI is InChI=1S/C27H29N3O4/c1-18(2)33-24-10-9-21(14-22(24)15-28)27-29-16-25(34-27)23-6-4-3-5-20(23)8-7-19-13-26(32)30(17-19)11-12-31/h3-6,9-10,14,16,18-19,31H,7-8,11-13,17H2,1-2H3. The van der Waals surface area contributed by atoms with Crippen LogP contribution in [0.3, 0.4) is 0 Å². The third-order valence-electron chi connectivity index (χ3n) is 5.98.